The van der Waals surface area contributed by atoms with E-state index < -0.39 is 10.0 Å². The molecule has 178 valence electrons. The first-order chi connectivity index (χ1) is 16.5. The zero-order chi connectivity index (χ0) is 23.7. The number of ether oxygens (including phenoxy) is 1. The molecular formula is C26H30N4O3S. The van der Waals surface area contributed by atoms with Gasteiger partial charge in [-0.15, -0.1) is 0 Å². The molecule has 7 nitrogen and oxygen atoms in total. The average molecular weight is 479 g/mol. The van der Waals surface area contributed by atoms with E-state index in [4.69, 9.17) is 9.72 Å². The molecule has 8 heteroatoms. The number of hydrogen-bond acceptors (Lipinski definition) is 5. The molecule has 34 heavy (non-hydrogen) atoms. The minimum absolute atomic E-state index is 0.133. The van der Waals surface area contributed by atoms with Crippen molar-refractivity contribution in [2.45, 2.75) is 37.9 Å². The molecule has 1 atom stereocenters. The van der Waals surface area contributed by atoms with E-state index in [1.54, 1.807) is 12.1 Å². The summed E-state index contributed by atoms with van der Waals surface area (Å²) in [4.78, 5) is 5.11. The van der Waals surface area contributed by atoms with E-state index in [9.17, 15) is 8.42 Å². The Morgan fingerprint density at radius 2 is 1.82 bits per heavy atom. The van der Waals surface area contributed by atoms with Crippen LogP contribution in [0.2, 0.25) is 0 Å². The van der Waals surface area contributed by atoms with Crippen LogP contribution in [0.4, 0.5) is 0 Å². The summed E-state index contributed by atoms with van der Waals surface area (Å²) in [5, 5.41) is 6.08. The third-order valence-electron chi connectivity index (χ3n) is 6.58. The summed E-state index contributed by atoms with van der Waals surface area (Å²) < 4.78 is 35.1. The standard InChI is InChI=1S/C26H30N4O3S/c1-3-30-25-12-11-21(34(31,32)29-13-15-33-16-14-29)17-24(25)28-26(30)18-27-19(2)22-10-6-8-20-7-4-5-9-23(20)22/h4-12,17,19,27H,3,13-16,18H2,1-2H3/t19-/m0/s1. The van der Waals surface area contributed by atoms with Crippen molar-refractivity contribution in [2.75, 3.05) is 26.3 Å². The van der Waals surface area contributed by atoms with E-state index in [2.05, 4.69) is 66.2 Å². The van der Waals surface area contributed by atoms with Crippen molar-refractivity contribution in [3.05, 3.63) is 72.1 Å². The highest BCUT2D eigenvalue weighted by atomic mass is 32.2. The van der Waals surface area contributed by atoms with Crippen LogP contribution in [0.25, 0.3) is 21.8 Å². The molecule has 1 saturated heterocycles. The third-order valence-corrected chi connectivity index (χ3v) is 8.47. The van der Waals surface area contributed by atoms with Crippen LogP contribution in [-0.4, -0.2) is 48.6 Å². The first kappa shape index (κ1) is 23.0. The number of hydrogen-bond donors (Lipinski definition) is 1. The lowest BCUT2D eigenvalue weighted by molar-refractivity contribution is 0.0730. The number of rotatable bonds is 7. The summed E-state index contributed by atoms with van der Waals surface area (Å²) >= 11 is 0. The Bertz CT molecular complexity index is 1420. The van der Waals surface area contributed by atoms with Crippen molar-refractivity contribution in [3.8, 4) is 0 Å². The molecule has 1 aliphatic rings. The zero-order valence-electron chi connectivity index (χ0n) is 19.6. The van der Waals surface area contributed by atoms with Crippen LogP contribution in [-0.2, 0) is 27.8 Å². The minimum atomic E-state index is -3.56. The van der Waals surface area contributed by atoms with Crippen LogP contribution in [0.5, 0.6) is 0 Å². The Balaban J connectivity index is 1.41. The van der Waals surface area contributed by atoms with Gasteiger partial charge in [-0.1, -0.05) is 42.5 Å². The highest BCUT2D eigenvalue weighted by Gasteiger charge is 2.27. The van der Waals surface area contributed by atoms with Crippen molar-refractivity contribution in [3.63, 3.8) is 0 Å². The first-order valence-corrected chi connectivity index (χ1v) is 13.2. The van der Waals surface area contributed by atoms with Gasteiger partial charge in [-0.2, -0.15) is 4.31 Å². The quantitative estimate of drug-likeness (QED) is 0.433. The molecule has 4 aromatic rings. The van der Waals surface area contributed by atoms with E-state index in [0.717, 1.165) is 17.9 Å². The van der Waals surface area contributed by atoms with E-state index in [1.807, 2.05) is 6.07 Å². The fraction of sp³-hybridized carbons (Fsp3) is 0.346. The largest absolute Gasteiger partial charge is 0.379 e. The Kier molecular flexibility index (Phi) is 6.40. The average Bonchev–Trinajstić information content (AvgIpc) is 3.24. The molecule has 0 spiro atoms. The lowest BCUT2D eigenvalue weighted by Crippen LogP contribution is -2.40. The lowest BCUT2D eigenvalue weighted by Gasteiger charge is -2.26. The van der Waals surface area contributed by atoms with Gasteiger partial charge in [0.15, 0.2) is 0 Å². The minimum Gasteiger partial charge on any atom is -0.379 e. The molecule has 0 bridgehead atoms. The number of sulfonamides is 1. The normalized spacial score (nSPS) is 16.3. The molecule has 0 amide bonds. The van der Waals surface area contributed by atoms with Gasteiger partial charge in [-0.25, -0.2) is 13.4 Å². The molecule has 1 aromatic heterocycles. The number of imidazole rings is 1. The molecular weight excluding hydrogens is 448 g/mol. The van der Waals surface area contributed by atoms with Crippen LogP contribution in [0, 0.1) is 0 Å². The van der Waals surface area contributed by atoms with Crippen molar-refractivity contribution in [1.82, 2.24) is 19.2 Å². The van der Waals surface area contributed by atoms with Gasteiger partial charge in [-0.05, 0) is 48.4 Å². The third kappa shape index (κ3) is 4.22. The summed E-state index contributed by atoms with van der Waals surface area (Å²) in [7, 11) is -3.56. The van der Waals surface area contributed by atoms with Crippen molar-refractivity contribution in [2.24, 2.45) is 0 Å². The molecule has 0 aliphatic carbocycles. The van der Waals surface area contributed by atoms with Crippen LogP contribution in [0.1, 0.15) is 31.3 Å². The van der Waals surface area contributed by atoms with Gasteiger partial charge in [-0.3, -0.25) is 0 Å². The maximum Gasteiger partial charge on any atom is 0.243 e. The Hall–Kier alpha value is -2.78. The molecule has 3 aromatic carbocycles. The van der Waals surface area contributed by atoms with Crippen LogP contribution in [0.3, 0.4) is 0 Å². The van der Waals surface area contributed by atoms with Gasteiger partial charge >= 0.3 is 0 Å². The van der Waals surface area contributed by atoms with E-state index in [0.29, 0.717) is 38.4 Å². The van der Waals surface area contributed by atoms with Gasteiger partial charge in [0, 0.05) is 25.7 Å². The van der Waals surface area contributed by atoms with Gasteiger partial charge in [0.05, 0.1) is 35.7 Å². The molecule has 1 aliphatic heterocycles. The fourth-order valence-corrected chi connectivity index (χ4v) is 6.15. The van der Waals surface area contributed by atoms with Gasteiger partial charge < -0.3 is 14.6 Å². The van der Waals surface area contributed by atoms with Crippen molar-refractivity contribution in [1.29, 1.82) is 0 Å². The molecule has 1 fully saturated rings. The molecule has 5 rings (SSSR count). The SMILES string of the molecule is CCn1c(CN[C@@H](C)c2cccc3ccccc23)nc2cc(S(=O)(=O)N3CCOCC3)ccc21. The number of benzene rings is 3. The van der Waals surface area contributed by atoms with Crippen LogP contribution >= 0.6 is 0 Å². The topological polar surface area (TPSA) is 76.5 Å². The monoisotopic (exact) mass is 478 g/mol. The van der Waals surface area contributed by atoms with E-state index in [1.165, 1.54) is 20.6 Å². The number of nitrogens with one attached hydrogen (secondary N) is 1. The number of aryl methyl sites for hydroxylation is 1. The highest BCUT2D eigenvalue weighted by molar-refractivity contribution is 7.89. The summed E-state index contributed by atoms with van der Waals surface area (Å²) in [5.41, 5.74) is 2.89. The molecule has 1 N–H and O–H groups in total. The summed E-state index contributed by atoms with van der Waals surface area (Å²) in [6, 6.07) is 20.2. The molecule has 0 radical (unpaired) electrons. The van der Waals surface area contributed by atoms with Crippen molar-refractivity contribution < 1.29 is 13.2 Å². The number of fused-ring (bicyclic) bond motifs is 2. The maximum absolute atomic E-state index is 13.1. The van der Waals surface area contributed by atoms with Gasteiger partial charge in [0.25, 0.3) is 0 Å². The van der Waals surface area contributed by atoms with Crippen LogP contribution < -0.4 is 5.32 Å². The van der Waals surface area contributed by atoms with Crippen molar-refractivity contribution >= 4 is 31.8 Å². The molecule has 0 unspecified atom stereocenters. The smallest absolute Gasteiger partial charge is 0.243 e. The Labute approximate surface area is 200 Å². The van der Waals surface area contributed by atoms with Gasteiger partial charge in [0.2, 0.25) is 10.0 Å². The Morgan fingerprint density at radius 3 is 2.62 bits per heavy atom. The summed E-state index contributed by atoms with van der Waals surface area (Å²) in [6.45, 7) is 7.19. The molecule has 2 heterocycles. The van der Waals surface area contributed by atoms with E-state index >= 15 is 0 Å². The van der Waals surface area contributed by atoms with Crippen LogP contribution in [0.15, 0.2) is 65.6 Å². The second-order valence-corrected chi connectivity index (χ2v) is 10.5. The predicted octanol–water partition coefficient (Wildman–Crippen LogP) is 4.08. The number of nitrogens with zero attached hydrogens (tertiary/aromatic N) is 3. The van der Waals surface area contributed by atoms with E-state index in [-0.39, 0.29) is 10.9 Å². The lowest BCUT2D eigenvalue weighted by atomic mass is 10.00. The second-order valence-electron chi connectivity index (χ2n) is 8.61. The predicted molar refractivity (Wildman–Crippen MR) is 134 cm³/mol. The summed E-state index contributed by atoms with van der Waals surface area (Å²) in [5.74, 6) is 0.894. The fourth-order valence-electron chi connectivity index (χ4n) is 4.73. The number of aromatic nitrogens is 2. The number of morpholine rings is 1. The first-order valence-electron chi connectivity index (χ1n) is 11.8. The maximum atomic E-state index is 13.1. The molecule has 0 saturated carbocycles. The summed E-state index contributed by atoms with van der Waals surface area (Å²) in [6.07, 6.45) is 0. The zero-order valence-corrected chi connectivity index (χ0v) is 20.4. The highest BCUT2D eigenvalue weighted by Crippen LogP contribution is 2.26. The second kappa shape index (κ2) is 9.46. The van der Waals surface area contributed by atoms with Gasteiger partial charge in [0.1, 0.15) is 5.82 Å². The Morgan fingerprint density at radius 1 is 1.06 bits per heavy atom.